The molecule has 0 amide bonds. The zero-order chi connectivity index (χ0) is 13.7. The van der Waals surface area contributed by atoms with Gasteiger partial charge in [0, 0.05) is 0 Å². The number of benzene rings is 1. The van der Waals surface area contributed by atoms with Gasteiger partial charge in [-0.25, -0.2) is 4.39 Å². The van der Waals surface area contributed by atoms with Crippen molar-refractivity contribution in [2.45, 2.75) is 31.6 Å². The zero-order valence-electron chi connectivity index (χ0n) is 9.41. The van der Waals surface area contributed by atoms with Gasteiger partial charge in [-0.15, -0.1) is 0 Å². The van der Waals surface area contributed by atoms with Crippen LogP contribution in [0, 0.1) is 12.7 Å². The Hall–Kier alpha value is -0.850. The lowest BCUT2D eigenvalue weighted by Gasteiger charge is -2.41. The molecule has 0 aliphatic heterocycles. The summed E-state index contributed by atoms with van der Waals surface area (Å²) in [5.74, 6) is -2.15. The Morgan fingerprint density at radius 3 is 1.76 bits per heavy atom. The van der Waals surface area contributed by atoms with Crippen LogP contribution < -0.4 is 0 Å². The van der Waals surface area contributed by atoms with Crippen molar-refractivity contribution >= 4 is 10.2 Å². The Labute approximate surface area is 95.4 Å². The van der Waals surface area contributed by atoms with Gasteiger partial charge < -0.3 is 0 Å². The third-order valence-corrected chi connectivity index (χ3v) is 3.59. The van der Waals surface area contributed by atoms with E-state index in [2.05, 4.69) is 0 Å². The normalized spacial score (nSPS) is 16.8. The molecule has 0 nitrogen and oxygen atoms in total. The molecule has 0 fully saturated rings. The highest BCUT2D eigenvalue weighted by atomic mass is 32.5. The van der Waals surface area contributed by atoms with Crippen LogP contribution in [0.4, 0.5) is 23.8 Å². The molecule has 1 aromatic carbocycles. The predicted octanol–water partition coefficient (Wildman–Crippen LogP) is 5.91. The lowest BCUT2D eigenvalue weighted by Crippen LogP contribution is -2.11. The molecular weight excluding hydrogens is 266 g/mol. The van der Waals surface area contributed by atoms with Crippen LogP contribution in [-0.2, 0) is 0 Å². The molecule has 0 radical (unpaired) electrons. The summed E-state index contributed by atoms with van der Waals surface area (Å²) in [6.07, 6.45) is 0. The van der Waals surface area contributed by atoms with Crippen LogP contribution in [0.25, 0.3) is 0 Å². The minimum Gasteiger partial charge on any atom is -0.205 e. The van der Waals surface area contributed by atoms with Gasteiger partial charge in [0.05, 0.1) is 0 Å². The van der Waals surface area contributed by atoms with Crippen LogP contribution >= 0.6 is 10.2 Å². The highest BCUT2D eigenvalue weighted by molar-refractivity contribution is 8.45. The Kier molecular flexibility index (Phi) is 2.61. The van der Waals surface area contributed by atoms with E-state index < -0.39 is 26.5 Å². The number of hydrogen-bond donors (Lipinski definition) is 0. The van der Waals surface area contributed by atoms with Gasteiger partial charge in [-0.1, -0.05) is 39.3 Å². The second-order valence-electron chi connectivity index (χ2n) is 4.27. The van der Waals surface area contributed by atoms with Crippen LogP contribution in [0.15, 0.2) is 17.0 Å². The summed E-state index contributed by atoms with van der Waals surface area (Å²) < 4.78 is 76.1. The molecule has 0 spiro atoms. The van der Waals surface area contributed by atoms with Crippen LogP contribution in [0.3, 0.4) is 0 Å². The van der Waals surface area contributed by atoms with Crippen LogP contribution in [0.5, 0.6) is 0 Å². The topological polar surface area (TPSA) is 0 Å². The van der Waals surface area contributed by atoms with Crippen molar-refractivity contribution in [1.29, 1.82) is 0 Å². The van der Waals surface area contributed by atoms with E-state index in [4.69, 9.17) is 0 Å². The van der Waals surface area contributed by atoms with E-state index in [0.717, 1.165) is 13.0 Å². The van der Waals surface area contributed by atoms with Gasteiger partial charge in [-0.05, 0) is 30.0 Å². The van der Waals surface area contributed by atoms with Crippen molar-refractivity contribution in [1.82, 2.24) is 0 Å². The minimum absolute atomic E-state index is 0.240. The average molecular weight is 278 g/mol. The molecule has 0 bridgehead atoms. The highest BCUT2D eigenvalue weighted by Crippen LogP contribution is 3.02. The molecule has 0 aromatic heterocycles. The van der Waals surface area contributed by atoms with E-state index in [-0.39, 0.29) is 11.5 Å². The zero-order valence-corrected chi connectivity index (χ0v) is 10.2. The molecule has 1 aromatic rings. The fourth-order valence-electron chi connectivity index (χ4n) is 1.58. The van der Waals surface area contributed by atoms with Crippen molar-refractivity contribution < 1.29 is 23.8 Å². The van der Waals surface area contributed by atoms with E-state index in [1.165, 1.54) is 0 Å². The summed E-state index contributed by atoms with van der Waals surface area (Å²) in [5.41, 5.74) is -0.529. The van der Waals surface area contributed by atoms with Gasteiger partial charge in [-0.2, -0.15) is 0 Å². The summed E-state index contributed by atoms with van der Waals surface area (Å²) in [7, 11) is -9.96. The molecule has 0 unspecified atom stereocenters. The SMILES string of the molecule is Cc1cc(C(C)C)cc(F)c1S(F)(F)(F)(F)F. The standard InChI is InChI=1S/C10H12F6S/c1-6(2)8-4-7(3)10(9(11)5-8)17(12,13,14,15)16/h4-6H,1-3H3. The first kappa shape index (κ1) is 14.2. The van der Waals surface area contributed by atoms with Crippen molar-refractivity contribution in [3.8, 4) is 0 Å². The second kappa shape index (κ2) is 3.13. The molecule has 0 aliphatic carbocycles. The van der Waals surface area contributed by atoms with Gasteiger partial charge in [0.15, 0.2) is 0 Å². The van der Waals surface area contributed by atoms with Crippen molar-refractivity contribution in [2.24, 2.45) is 0 Å². The number of rotatable bonds is 2. The molecular formula is C10H12F6S. The van der Waals surface area contributed by atoms with E-state index >= 15 is 0 Å². The first-order valence-corrected chi connectivity index (χ1v) is 6.71. The summed E-state index contributed by atoms with van der Waals surface area (Å²) in [5, 5.41) is 0. The first-order valence-electron chi connectivity index (χ1n) is 4.76. The highest BCUT2D eigenvalue weighted by Gasteiger charge is 2.67. The van der Waals surface area contributed by atoms with E-state index in [9.17, 15) is 23.8 Å². The first-order chi connectivity index (χ1) is 7.22. The average Bonchev–Trinajstić information content (AvgIpc) is 1.96. The summed E-state index contributed by atoms with van der Waals surface area (Å²) in [6.45, 7) is 4.10. The van der Waals surface area contributed by atoms with Crippen LogP contribution in [0.1, 0.15) is 30.9 Å². The van der Waals surface area contributed by atoms with Gasteiger partial charge >= 0.3 is 10.2 Å². The molecule has 0 heterocycles. The van der Waals surface area contributed by atoms with Crippen molar-refractivity contribution in [3.05, 3.63) is 29.1 Å². The third-order valence-electron chi connectivity index (χ3n) is 2.30. The fourth-order valence-corrected chi connectivity index (χ4v) is 2.67. The summed E-state index contributed by atoms with van der Waals surface area (Å²) >= 11 is 0. The quantitative estimate of drug-likeness (QED) is 0.589. The fraction of sp³-hybridized carbons (Fsp3) is 0.400. The minimum atomic E-state index is -9.96. The molecule has 1 rings (SSSR count). The number of hydrogen-bond acceptors (Lipinski definition) is 0. The molecule has 100 valence electrons. The molecule has 0 atom stereocenters. The van der Waals surface area contributed by atoms with Gasteiger partial charge in [0.25, 0.3) is 0 Å². The maximum Gasteiger partial charge on any atom is 0.313 e. The summed E-state index contributed by atoms with van der Waals surface area (Å²) in [6, 6.07) is 1.46. The smallest absolute Gasteiger partial charge is 0.205 e. The van der Waals surface area contributed by atoms with Gasteiger partial charge in [-0.3, -0.25) is 0 Å². The third kappa shape index (κ3) is 3.08. The predicted molar refractivity (Wildman–Crippen MR) is 56.6 cm³/mol. The van der Waals surface area contributed by atoms with Gasteiger partial charge in [0.2, 0.25) is 0 Å². The number of aryl methyl sites for hydroxylation is 1. The number of halogens is 6. The molecule has 17 heavy (non-hydrogen) atoms. The molecule has 0 saturated heterocycles. The maximum atomic E-state index is 13.3. The lowest BCUT2D eigenvalue weighted by molar-refractivity contribution is 0.354. The monoisotopic (exact) mass is 278 g/mol. The van der Waals surface area contributed by atoms with Crippen LogP contribution in [-0.4, -0.2) is 0 Å². The lowest BCUT2D eigenvalue weighted by atomic mass is 10.0. The largest absolute Gasteiger partial charge is 0.313 e. The van der Waals surface area contributed by atoms with Crippen LogP contribution in [0.2, 0.25) is 0 Å². The Bertz CT molecular complexity index is 436. The summed E-state index contributed by atoms with van der Waals surface area (Å²) in [4.78, 5) is -2.41. The Morgan fingerprint density at radius 1 is 1.00 bits per heavy atom. The van der Waals surface area contributed by atoms with Crippen molar-refractivity contribution in [3.63, 3.8) is 0 Å². The second-order valence-corrected chi connectivity index (χ2v) is 6.62. The molecule has 0 N–H and O–H groups in total. The van der Waals surface area contributed by atoms with E-state index in [1.54, 1.807) is 13.8 Å². The molecule has 7 heteroatoms. The maximum absolute atomic E-state index is 13.3. The van der Waals surface area contributed by atoms with Crippen molar-refractivity contribution in [2.75, 3.05) is 0 Å². The van der Waals surface area contributed by atoms with E-state index in [0.29, 0.717) is 6.07 Å². The molecule has 0 aliphatic rings. The van der Waals surface area contributed by atoms with E-state index in [1.807, 2.05) is 0 Å². The Balaban J connectivity index is 3.62. The van der Waals surface area contributed by atoms with Gasteiger partial charge in [0.1, 0.15) is 10.7 Å². The Morgan fingerprint density at radius 2 is 1.47 bits per heavy atom. The molecule has 0 saturated carbocycles.